The predicted molar refractivity (Wildman–Crippen MR) is 110 cm³/mol. The first kappa shape index (κ1) is 28.8. The van der Waals surface area contributed by atoms with Gasteiger partial charge in [0.25, 0.3) is 0 Å². The van der Waals surface area contributed by atoms with Crippen molar-refractivity contribution in [2.24, 2.45) is 0 Å². The van der Waals surface area contributed by atoms with E-state index in [0.29, 0.717) is 0 Å². The molecule has 20 heteroatoms. The van der Waals surface area contributed by atoms with E-state index in [4.69, 9.17) is 20.3 Å². The molecule has 0 spiro atoms. The fourth-order valence-corrected chi connectivity index (χ4v) is 6.37. The van der Waals surface area contributed by atoms with Crippen LogP contribution in [0.1, 0.15) is 25.8 Å². The zero-order valence-electron chi connectivity index (χ0n) is 17.6. The van der Waals surface area contributed by atoms with Crippen LogP contribution >= 0.6 is 23.5 Å². The molecule has 1 aliphatic heterocycles. The molecule has 0 aliphatic carbocycles. The molecule has 1 aromatic heterocycles. The van der Waals surface area contributed by atoms with Gasteiger partial charge < -0.3 is 40.3 Å². The number of anilines is 1. The monoisotopic (exact) mass is 549 g/mol. The largest absolute Gasteiger partial charge is 0.490 e. The van der Waals surface area contributed by atoms with Crippen LogP contribution in [0.4, 0.5) is 5.82 Å². The van der Waals surface area contributed by atoms with Crippen LogP contribution in [0.3, 0.4) is 0 Å². The van der Waals surface area contributed by atoms with E-state index in [2.05, 4.69) is 30.0 Å². The fraction of sp³-hybridized carbons (Fsp3) is 0.571. The van der Waals surface area contributed by atoms with Crippen molar-refractivity contribution in [1.29, 1.82) is 0 Å². The number of aryl methyl sites for hydroxylation is 1. The van der Waals surface area contributed by atoms with Crippen LogP contribution in [0, 0.1) is 18.8 Å². The molecule has 0 radical (unpaired) electrons. The number of nitrogens with two attached hydrogens (primary N) is 1. The van der Waals surface area contributed by atoms with E-state index in [-0.39, 0.29) is 11.5 Å². The minimum absolute atomic E-state index is 0.139. The van der Waals surface area contributed by atoms with Gasteiger partial charge in [-0.3, -0.25) is 9.09 Å². The van der Waals surface area contributed by atoms with Gasteiger partial charge in [-0.05, 0) is 26.8 Å². The molecular weight excluding hydrogens is 527 g/mol. The van der Waals surface area contributed by atoms with Crippen LogP contribution in [0.2, 0.25) is 0 Å². The average molecular weight is 549 g/mol. The standard InChI is InChI=1S/C14H22N3O14P3/c1-4-5-14(20)11(18)10(28-12(14)17-7(2)6-9(15)16-13(17)19)8(3)29-33(24,25)31-34(26,27)30-32(21,22)23/h6,8,10-12,18,20H,1-3H3,(H,24,25)(H,26,27)(H2,15,16,19)(H2,21,22,23)/t8-,10?,11?,12-,14-/m1/s1. The third-order valence-corrected chi connectivity index (χ3v) is 8.26. The normalized spacial score (nSPS) is 29.5. The first-order valence-electron chi connectivity index (χ1n) is 8.99. The number of rotatable bonds is 8. The molecule has 0 aromatic carbocycles. The zero-order valence-corrected chi connectivity index (χ0v) is 20.3. The molecule has 8 N–H and O–H groups in total. The lowest BCUT2D eigenvalue weighted by atomic mass is 9.92. The van der Waals surface area contributed by atoms with E-state index < -0.39 is 59.3 Å². The van der Waals surface area contributed by atoms with Crippen molar-refractivity contribution in [2.45, 2.75) is 50.9 Å². The van der Waals surface area contributed by atoms with E-state index in [0.717, 1.165) is 11.5 Å². The van der Waals surface area contributed by atoms with Gasteiger partial charge in [-0.1, -0.05) is 5.92 Å². The minimum atomic E-state index is -5.79. The number of phosphoric acid groups is 3. The molecule has 1 saturated heterocycles. The summed E-state index contributed by atoms with van der Waals surface area (Å²) in [6.45, 7) is 3.74. The van der Waals surface area contributed by atoms with Crippen molar-refractivity contribution in [1.82, 2.24) is 9.55 Å². The van der Waals surface area contributed by atoms with Gasteiger partial charge >= 0.3 is 29.2 Å². The summed E-state index contributed by atoms with van der Waals surface area (Å²) in [5, 5.41) is 21.7. The summed E-state index contributed by atoms with van der Waals surface area (Å²) in [6, 6.07) is 1.26. The summed E-state index contributed by atoms with van der Waals surface area (Å²) in [5.41, 5.74) is 2.21. The summed E-state index contributed by atoms with van der Waals surface area (Å²) in [5.74, 6) is 4.52. The number of ether oxygens (including phenoxy) is 1. The molecule has 7 atom stereocenters. The second kappa shape index (κ2) is 9.88. The van der Waals surface area contributed by atoms with Crippen LogP contribution in [-0.4, -0.2) is 63.3 Å². The molecule has 2 heterocycles. The van der Waals surface area contributed by atoms with Gasteiger partial charge in [-0.25, -0.2) is 18.5 Å². The second-order valence-corrected chi connectivity index (χ2v) is 11.3. The van der Waals surface area contributed by atoms with Gasteiger partial charge in [-0.15, -0.1) is 5.92 Å². The van der Waals surface area contributed by atoms with Crippen LogP contribution in [0.25, 0.3) is 0 Å². The highest BCUT2D eigenvalue weighted by atomic mass is 31.3. The molecule has 34 heavy (non-hydrogen) atoms. The molecule has 2 rings (SSSR count). The summed E-state index contributed by atoms with van der Waals surface area (Å²) >= 11 is 0. The van der Waals surface area contributed by atoms with Gasteiger partial charge in [0.15, 0.2) is 11.8 Å². The maximum Gasteiger partial charge on any atom is 0.490 e. The Kier molecular flexibility index (Phi) is 8.36. The molecule has 0 bridgehead atoms. The molecule has 17 nitrogen and oxygen atoms in total. The van der Waals surface area contributed by atoms with E-state index >= 15 is 0 Å². The Balaban J connectivity index is 2.37. The van der Waals surface area contributed by atoms with E-state index in [1.54, 1.807) is 0 Å². The SMILES string of the molecule is CC#C[C@@]1(O)C(O)C([C@@H](C)OP(=O)(O)OP(=O)(O)OP(=O)(O)O)O[C@H]1n1c(C)cc(N)nc1=O. The van der Waals surface area contributed by atoms with Crippen molar-refractivity contribution < 1.29 is 61.4 Å². The number of nitrogens with zero attached hydrogens (tertiary/aromatic N) is 2. The van der Waals surface area contributed by atoms with Crippen molar-refractivity contribution in [3.05, 3.63) is 22.2 Å². The van der Waals surface area contributed by atoms with Gasteiger partial charge in [0.1, 0.15) is 18.0 Å². The molecule has 1 aliphatic rings. The molecule has 0 saturated carbocycles. The van der Waals surface area contributed by atoms with Gasteiger partial charge in [0.2, 0.25) is 0 Å². The first-order valence-corrected chi connectivity index (χ1v) is 13.5. The third kappa shape index (κ3) is 6.60. The number of aliphatic hydroxyl groups excluding tert-OH is 1. The quantitative estimate of drug-likeness (QED) is 0.149. The van der Waals surface area contributed by atoms with Gasteiger partial charge in [0.05, 0.1) is 6.10 Å². The minimum Gasteiger partial charge on any atom is -0.386 e. The Morgan fingerprint density at radius 2 is 1.82 bits per heavy atom. The first-order chi connectivity index (χ1) is 15.3. The highest BCUT2D eigenvalue weighted by Gasteiger charge is 2.59. The van der Waals surface area contributed by atoms with Gasteiger partial charge in [-0.2, -0.15) is 13.6 Å². The van der Waals surface area contributed by atoms with Gasteiger partial charge in [0, 0.05) is 5.69 Å². The van der Waals surface area contributed by atoms with Crippen molar-refractivity contribution in [3.8, 4) is 11.8 Å². The maximum atomic E-state index is 12.4. The Hall–Kier alpha value is -1.47. The Bertz CT molecular complexity index is 1200. The summed E-state index contributed by atoms with van der Waals surface area (Å²) in [7, 11) is -17.0. The Morgan fingerprint density at radius 1 is 1.24 bits per heavy atom. The maximum absolute atomic E-state index is 12.4. The Labute approximate surface area is 191 Å². The molecule has 1 fully saturated rings. The van der Waals surface area contributed by atoms with Crippen molar-refractivity contribution in [3.63, 3.8) is 0 Å². The summed E-state index contributed by atoms with van der Waals surface area (Å²) in [6.07, 6.45) is -7.12. The Morgan fingerprint density at radius 3 is 2.32 bits per heavy atom. The van der Waals surface area contributed by atoms with Crippen LogP contribution in [0.15, 0.2) is 10.9 Å². The van der Waals surface area contributed by atoms with Crippen molar-refractivity contribution >= 4 is 29.3 Å². The molecule has 192 valence electrons. The average Bonchev–Trinajstić information content (AvgIpc) is 2.83. The lowest BCUT2D eigenvalue weighted by Crippen LogP contribution is -2.49. The van der Waals surface area contributed by atoms with Crippen LogP contribution in [0.5, 0.6) is 0 Å². The van der Waals surface area contributed by atoms with E-state index in [1.165, 1.54) is 19.9 Å². The highest BCUT2D eigenvalue weighted by Crippen LogP contribution is 2.66. The van der Waals surface area contributed by atoms with E-state index in [9.17, 15) is 38.5 Å². The summed E-state index contributed by atoms with van der Waals surface area (Å²) in [4.78, 5) is 52.1. The third-order valence-electron chi connectivity index (χ3n) is 4.33. The van der Waals surface area contributed by atoms with Crippen LogP contribution < -0.4 is 11.4 Å². The number of aliphatic hydroxyl groups is 2. The summed E-state index contributed by atoms with van der Waals surface area (Å²) < 4.78 is 52.6. The number of nitrogen functional groups attached to an aromatic ring is 1. The highest BCUT2D eigenvalue weighted by molar-refractivity contribution is 7.66. The van der Waals surface area contributed by atoms with Crippen molar-refractivity contribution in [2.75, 3.05) is 5.73 Å². The number of hydrogen-bond donors (Lipinski definition) is 7. The number of hydrogen-bond acceptors (Lipinski definition) is 12. The molecule has 0 amide bonds. The molecular formula is C14H22N3O14P3. The molecule has 4 unspecified atom stereocenters. The second-order valence-electron chi connectivity index (χ2n) is 6.97. The number of phosphoric ester groups is 1. The topological polar surface area (TPSA) is 270 Å². The zero-order chi connectivity index (χ0) is 26.3. The fourth-order valence-electron chi connectivity index (χ4n) is 3.17. The smallest absolute Gasteiger partial charge is 0.386 e. The molecule has 1 aromatic rings. The van der Waals surface area contributed by atoms with Crippen LogP contribution in [-0.2, 0) is 31.6 Å². The number of aromatic nitrogens is 2. The predicted octanol–water partition coefficient (Wildman–Crippen LogP) is -1.12. The lowest BCUT2D eigenvalue weighted by molar-refractivity contribution is -0.0877. The van der Waals surface area contributed by atoms with E-state index in [1.807, 2.05) is 0 Å². The lowest BCUT2D eigenvalue weighted by Gasteiger charge is -2.28.